The van der Waals surface area contributed by atoms with E-state index in [1.165, 1.54) is 36.5 Å². The fourth-order valence-electron chi connectivity index (χ4n) is 2.66. The lowest BCUT2D eigenvalue weighted by atomic mass is 10.1. The Morgan fingerprint density at radius 3 is 2.58 bits per heavy atom. The second kappa shape index (κ2) is 7.73. The van der Waals surface area contributed by atoms with Crippen LogP contribution in [0.15, 0.2) is 42.6 Å². The first kappa shape index (κ1) is 17.5. The van der Waals surface area contributed by atoms with Gasteiger partial charge >= 0.3 is 0 Å². The van der Waals surface area contributed by atoms with E-state index in [1.807, 2.05) is 0 Å². The van der Waals surface area contributed by atoms with Crippen LogP contribution in [-0.4, -0.2) is 59.2 Å². The van der Waals surface area contributed by atoms with Crippen molar-refractivity contribution in [2.45, 2.75) is 0 Å². The number of nitrogens with one attached hydrogen (secondary N) is 1. The van der Waals surface area contributed by atoms with Gasteiger partial charge in [-0.3, -0.25) is 19.4 Å². The SMILES string of the molecule is O=CN1CCN(C(=O)c2ccnc(C(=O)Nc3cccc(F)c3)c2)CC1. The Morgan fingerprint density at radius 2 is 1.88 bits per heavy atom. The lowest BCUT2D eigenvalue weighted by Gasteiger charge is -2.32. The van der Waals surface area contributed by atoms with Gasteiger partial charge in [-0.05, 0) is 30.3 Å². The minimum atomic E-state index is -0.531. The number of halogens is 1. The Hall–Kier alpha value is -3.29. The van der Waals surface area contributed by atoms with Crippen molar-refractivity contribution >= 4 is 23.9 Å². The number of carbonyl (C=O) groups is 3. The molecule has 0 unspecified atom stereocenters. The maximum atomic E-state index is 13.2. The molecule has 8 heteroatoms. The number of piperazine rings is 1. The van der Waals surface area contributed by atoms with Gasteiger partial charge in [-0.15, -0.1) is 0 Å². The quantitative estimate of drug-likeness (QED) is 0.839. The first-order valence-electron chi connectivity index (χ1n) is 8.08. The van der Waals surface area contributed by atoms with Gasteiger partial charge in [0, 0.05) is 43.6 Å². The molecule has 1 aliphatic heterocycles. The second-order valence-corrected chi connectivity index (χ2v) is 5.83. The number of carbonyl (C=O) groups excluding carboxylic acids is 3. The summed E-state index contributed by atoms with van der Waals surface area (Å²) in [4.78, 5) is 42.8. The number of hydrogen-bond acceptors (Lipinski definition) is 4. The average molecular weight is 356 g/mol. The molecule has 7 nitrogen and oxygen atoms in total. The fraction of sp³-hybridized carbons (Fsp3) is 0.222. The van der Waals surface area contributed by atoms with Crippen LogP contribution in [0, 0.1) is 5.82 Å². The van der Waals surface area contributed by atoms with Crippen LogP contribution >= 0.6 is 0 Å². The number of nitrogens with zero attached hydrogens (tertiary/aromatic N) is 3. The van der Waals surface area contributed by atoms with E-state index in [1.54, 1.807) is 15.9 Å². The van der Waals surface area contributed by atoms with Gasteiger partial charge in [-0.1, -0.05) is 6.07 Å². The summed E-state index contributed by atoms with van der Waals surface area (Å²) in [6.07, 6.45) is 2.15. The lowest BCUT2D eigenvalue weighted by molar-refractivity contribution is -0.119. The minimum Gasteiger partial charge on any atom is -0.342 e. The number of hydrogen-bond donors (Lipinski definition) is 1. The topological polar surface area (TPSA) is 82.6 Å². The van der Waals surface area contributed by atoms with Gasteiger partial charge in [-0.25, -0.2) is 4.39 Å². The Bertz CT molecular complexity index is 835. The third-order valence-electron chi connectivity index (χ3n) is 4.07. The minimum absolute atomic E-state index is 0.0617. The maximum Gasteiger partial charge on any atom is 0.274 e. The highest BCUT2D eigenvalue weighted by Gasteiger charge is 2.22. The first-order chi connectivity index (χ1) is 12.6. The summed E-state index contributed by atoms with van der Waals surface area (Å²) in [5, 5.41) is 2.55. The Kier molecular flexibility index (Phi) is 5.21. The van der Waals surface area contributed by atoms with E-state index in [9.17, 15) is 18.8 Å². The molecule has 3 rings (SSSR count). The molecule has 0 bridgehead atoms. The summed E-state index contributed by atoms with van der Waals surface area (Å²) in [5.74, 6) is -1.22. The zero-order valence-electron chi connectivity index (χ0n) is 13.9. The number of pyridine rings is 1. The molecule has 0 atom stereocenters. The Labute approximate surface area is 149 Å². The third-order valence-corrected chi connectivity index (χ3v) is 4.07. The number of benzene rings is 1. The van der Waals surface area contributed by atoms with Crippen LogP contribution in [0.1, 0.15) is 20.8 Å². The molecule has 1 aromatic heterocycles. The van der Waals surface area contributed by atoms with Crippen molar-refractivity contribution in [3.05, 3.63) is 59.7 Å². The highest BCUT2D eigenvalue weighted by Crippen LogP contribution is 2.13. The van der Waals surface area contributed by atoms with Crippen LogP contribution in [0.2, 0.25) is 0 Å². The van der Waals surface area contributed by atoms with Gasteiger partial charge in [0.25, 0.3) is 11.8 Å². The standard InChI is InChI=1S/C18H17FN4O3/c19-14-2-1-3-15(11-14)21-17(25)16-10-13(4-5-20-16)18(26)23-8-6-22(12-24)7-9-23/h1-5,10-12H,6-9H2,(H,21,25). The van der Waals surface area contributed by atoms with Crippen LogP contribution < -0.4 is 5.32 Å². The molecule has 3 amide bonds. The monoisotopic (exact) mass is 356 g/mol. The van der Waals surface area contributed by atoms with Crippen molar-refractivity contribution in [3.8, 4) is 0 Å². The fourth-order valence-corrected chi connectivity index (χ4v) is 2.66. The van der Waals surface area contributed by atoms with Gasteiger partial charge < -0.3 is 15.1 Å². The van der Waals surface area contributed by atoms with Crippen LogP contribution in [-0.2, 0) is 4.79 Å². The molecule has 0 radical (unpaired) electrons. The molecule has 0 aliphatic carbocycles. The van der Waals surface area contributed by atoms with Crippen LogP contribution in [0.3, 0.4) is 0 Å². The van der Waals surface area contributed by atoms with Gasteiger partial charge in [0.2, 0.25) is 6.41 Å². The summed E-state index contributed by atoms with van der Waals surface area (Å²) in [6, 6.07) is 8.45. The average Bonchev–Trinajstić information content (AvgIpc) is 2.67. The Morgan fingerprint density at radius 1 is 1.12 bits per heavy atom. The number of rotatable bonds is 4. The molecular formula is C18H17FN4O3. The van der Waals surface area contributed by atoms with Crippen molar-refractivity contribution < 1.29 is 18.8 Å². The van der Waals surface area contributed by atoms with Gasteiger partial charge in [0.1, 0.15) is 11.5 Å². The van der Waals surface area contributed by atoms with E-state index >= 15 is 0 Å². The van der Waals surface area contributed by atoms with E-state index < -0.39 is 11.7 Å². The second-order valence-electron chi connectivity index (χ2n) is 5.83. The van der Waals surface area contributed by atoms with Crippen molar-refractivity contribution in [2.75, 3.05) is 31.5 Å². The highest BCUT2D eigenvalue weighted by molar-refractivity contribution is 6.04. The van der Waals surface area contributed by atoms with Crippen LogP contribution in [0.25, 0.3) is 0 Å². The molecule has 26 heavy (non-hydrogen) atoms. The molecule has 1 aromatic carbocycles. The van der Waals surface area contributed by atoms with Crippen molar-refractivity contribution in [1.29, 1.82) is 0 Å². The first-order valence-corrected chi connectivity index (χ1v) is 8.08. The predicted molar refractivity (Wildman–Crippen MR) is 92.1 cm³/mol. The summed E-state index contributed by atoms with van der Waals surface area (Å²) in [7, 11) is 0. The predicted octanol–water partition coefficient (Wildman–Crippen LogP) is 1.39. The normalized spacial score (nSPS) is 14.0. The summed E-state index contributed by atoms with van der Waals surface area (Å²) >= 11 is 0. The molecule has 1 N–H and O–H groups in total. The number of amides is 3. The van der Waals surface area contributed by atoms with E-state index in [0.29, 0.717) is 37.4 Å². The summed E-state index contributed by atoms with van der Waals surface area (Å²) in [5.41, 5.74) is 0.703. The van der Waals surface area contributed by atoms with E-state index in [0.717, 1.165) is 6.41 Å². The van der Waals surface area contributed by atoms with Crippen molar-refractivity contribution in [3.63, 3.8) is 0 Å². The largest absolute Gasteiger partial charge is 0.342 e. The van der Waals surface area contributed by atoms with Crippen molar-refractivity contribution in [1.82, 2.24) is 14.8 Å². The molecule has 1 fully saturated rings. The van der Waals surface area contributed by atoms with Gasteiger partial charge in [0.05, 0.1) is 0 Å². The maximum absolute atomic E-state index is 13.2. The van der Waals surface area contributed by atoms with Crippen LogP contribution in [0.5, 0.6) is 0 Å². The highest BCUT2D eigenvalue weighted by atomic mass is 19.1. The van der Waals surface area contributed by atoms with Crippen molar-refractivity contribution in [2.24, 2.45) is 0 Å². The Balaban J connectivity index is 1.70. The summed E-state index contributed by atoms with van der Waals surface area (Å²) in [6.45, 7) is 1.83. The molecule has 0 saturated carbocycles. The van der Waals surface area contributed by atoms with Crippen LogP contribution in [0.4, 0.5) is 10.1 Å². The smallest absolute Gasteiger partial charge is 0.274 e. The van der Waals surface area contributed by atoms with E-state index in [2.05, 4.69) is 10.3 Å². The molecular weight excluding hydrogens is 339 g/mol. The lowest BCUT2D eigenvalue weighted by Crippen LogP contribution is -2.48. The molecule has 2 aromatic rings. The molecule has 1 saturated heterocycles. The van der Waals surface area contributed by atoms with E-state index in [4.69, 9.17) is 0 Å². The van der Waals surface area contributed by atoms with E-state index in [-0.39, 0.29) is 11.6 Å². The zero-order chi connectivity index (χ0) is 18.5. The third kappa shape index (κ3) is 4.02. The molecule has 2 heterocycles. The van der Waals surface area contributed by atoms with Gasteiger partial charge in [0.15, 0.2) is 0 Å². The molecule has 0 spiro atoms. The summed E-state index contributed by atoms with van der Waals surface area (Å²) < 4.78 is 13.2. The van der Waals surface area contributed by atoms with Gasteiger partial charge in [-0.2, -0.15) is 0 Å². The zero-order valence-corrected chi connectivity index (χ0v) is 13.9. The molecule has 134 valence electrons. The molecule has 1 aliphatic rings. The number of aromatic nitrogens is 1. The number of anilines is 1.